The lowest BCUT2D eigenvalue weighted by atomic mass is 10.1. The van der Waals surface area contributed by atoms with E-state index < -0.39 is 12.0 Å². The van der Waals surface area contributed by atoms with Crippen molar-refractivity contribution in [1.82, 2.24) is 4.98 Å². The average Bonchev–Trinajstić information content (AvgIpc) is 2.60. The molecule has 1 atom stereocenters. The zero-order valence-corrected chi connectivity index (χ0v) is 13.0. The van der Waals surface area contributed by atoms with Crippen LogP contribution in [0.1, 0.15) is 16.1 Å². The Hall–Kier alpha value is -2.73. The molecule has 0 saturated carbocycles. The second-order valence-corrected chi connectivity index (χ2v) is 4.92. The number of aromatic nitrogens is 1. The maximum absolute atomic E-state index is 11.4. The third-order valence-corrected chi connectivity index (χ3v) is 3.34. The van der Waals surface area contributed by atoms with Gasteiger partial charge in [0.05, 0.1) is 25.5 Å². The molecule has 23 heavy (non-hydrogen) atoms. The third kappa shape index (κ3) is 4.14. The molecule has 2 rings (SSSR count). The molecule has 0 amide bonds. The lowest BCUT2D eigenvalue weighted by Gasteiger charge is -2.10. The number of hydrogen-bond donors (Lipinski definition) is 1. The fourth-order valence-electron chi connectivity index (χ4n) is 2.11. The van der Waals surface area contributed by atoms with Crippen molar-refractivity contribution < 1.29 is 19.1 Å². The summed E-state index contributed by atoms with van der Waals surface area (Å²) < 4.78 is 9.28. The quantitative estimate of drug-likeness (QED) is 0.842. The van der Waals surface area contributed by atoms with E-state index in [4.69, 9.17) is 5.73 Å². The summed E-state index contributed by atoms with van der Waals surface area (Å²) in [6.07, 6.45) is 0.292. The van der Waals surface area contributed by atoms with Gasteiger partial charge in [0.2, 0.25) is 0 Å². The molecule has 2 aromatic rings. The van der Waals surface area contributed by atoms with E-state index in [1.807, 2.05) is 12.1 Å². The largest absolute Gasteiger partial charge is 0.468 e. The fraction of sp³-hybridized carbons (Fsp3) is 0.235. The first-order valence-electron chi connectivity index (χ1n) is 7.03. The molecule has 0 aliphatic carbocycles. The minimum absolute atomic E-state index is 0.292. The zero-order chi connectivity index (χ0) is 16.8. The molecule has 0 aliphatic heterocycles. The van der Waals surface area contributed by atoms with Crippen LogP contribution in [0.25, 0.3) is 11.3 Å². The molecule has 0 aliphatic rings. The normalized spacial score (nSPS) is 11.6. The maximum Gasteiger partial charge on any atom is 0.337 e. The summed E-state index contributed by atoms with van der Waals surface area (Å²) in [4.78, 5) is 27.3. The minimum Gasteiger partial charge on any atom is -0.468 e. The van der Waals surface area contributed by atoms with Crippen LogP contribution in [0.15, 0.2) is 42.5 Å². The average molecular weight is 314 g/mol. The smallest absolute Gasteiger partial charge is 0.337 e. The van der Waals surface area contributed by atoms with Gasteiger partial charge in [-0.2, -0.15) is 0 Å². The van der Waals surface area contributed by atoms with E-state index in [-0.39, 0.29) is 5.97 Å². The molecule has 6 heteroatoms. The molecule has 1 heterocycles. The molecule has 1 aromatic carbocycles. The van der Waals surface area contributed by atoms with Crippen LogP contribution in [0, 0.1) is 0 Å². The van der Waals surface area contributed by atoms with Gasteiger partial charge in [0.25, 0.3) is 0 Å². The van der Waals surface area contributed by atoms with Crippen molar-refractivity contribution in [3.05, 3.63) is 53.7 Å². The summed E-state index contributed by atoms with van der Waals surface area (Å²) >= 11 is 0. The summed E-state index contributed by atoms with van der Waals surface area (Å²) in [5, 5.41) is 0. The number of benzene rings is 1. The Morgan fingerprint density at radius 2 is 1.78 bits per heavy atom. The highest BCUT2D eigenvalue weighted by Crippen LogP contribution is 2.18. The number of nitrogens with zero attached hydrogens (tertiary/aromatic N) is 1. The van der Waals surface area contributed by atoms with Gasteiger partial charge in [-0.05, 0) is 24.3 Å². The Kier molecular flexibility index (Phi) is 5.43. The number of methoxy groups -OCH3 is 2. The lowest BCUT2D eigenvalue weighted by Crippen LogP contribution is -2.33. The van der Waals surface area contributed by atoms with Gasteiger partial charge in [0, 0.05) is 17.7 Å². The zero-order valence-electron chi connectivity index (χ0n) is 13.0. The molecule has 0 saturated heterocycles. The highest BCUT2D eigenvalue weighted by molar-refractivity contribution is 5.89. The number of nitrogens with two attached hydrogens (primary N) is 1. The Morgan fingerprint density at radius 3 is 2.39 bits per heavy atom. The van der Waals surface area contributed by atoms with Crippen molar-refractivity contribution >= 4 is 11.9 Å². The molecular formula is C17H18N2O4. The Morgan fingerprint density at radius 1 is 1.09 bits per heavy atom. The van der Waals surface area contributed by atoms with Crippen molar-refractivity contribution in [2.75, 3.05) is 14.2 Å². The van der Waals surface area contributed by atoms with Crippen LogP contribution in [-0.2, 0) is 20.7 Å². The minimum atomic E-state index is -0.746. The summed E-state index contributed by atoms with van der Waals surface area (Å²) in [7, 11) is 2.64. The predicted octanol–water partition coefficient (Wildman–Crippen LogP) is 1.58. The number of carbonyl (C=O) groups excluding carboxylic acids is 2. The van der Waals surface area contributed by atoms with E-state index in [0.29, 0.717) is 17.7 Å². The van der Waals surface area contributed by atoms with Crippen molar-refractivity contribution in [3.8, 4) is 11.3 Å². The molecule has 2 N–H and O–H groups in total. The molecule has 0 fully saturated rings. The number of pyridine rings is 1. The van der Waals surface area contributed by atoms with Crippen LogP contribution >= 0.6 is 0 Å². The molecule has 0 spiro atoms. The highest BCUT2D eigenvalue weighted by Gasteiger charge is 2.15. The maximum atomic E-state index is 11.4. The topological polar surface area (TPSA) is 91.5 Å². The van der Waals surface area contributed by atoms with E-state index >= 15 is 0 Å². The van der Waals surface area contributed by atoms with Gasteiger partial charge in [0.1, 0.15) is 6.04 Å². The number of ether oxygens (including phenoxy) is 2. The third-order valence-electron chi connectivity index (χ3n) is 3.34. The Balaban J connectivity index is 2.19. The summed E-state index contributed by atoms with van der Waals surface area (Å²) in [5.41, 5.74) is 8.50. The molecular weight excluding hydrogens is 296 g/mol. The van der Waals surface area contributed by atoms with Crippen LogP contribution in [0.4, 0.5) is 0 Å². The lowest BCUT2D eigenvalue weighted by molar-refractivity contribution is -0.142. The molecule has 1 unspecified atom stereocenters. The van der Waals surface area contributed by atoms with Gasteiger partial charge in [-0.25, -0.2) is 4.79 Å². The van der Waals surface area contributed by atoms with Crippen LogP contribution in [0.3, 0.4) is 0 Å². The number of hydrogen-bond acceptors (Lipinski definition) is 6. The predicted molar refractivity (Wildman–Crippen MR) is 84.7 cm³/mol. The number of rotatable bonds is 5. The van der Waals surface area contributed by atoms with Gasteiger partial charge in [-0.1, -0.05) is 18.2 Å². The van der Waals surface area contributed by atoms with Crippen molar-refractivity contribution in [3.63, 3.8) is 0 Å². The van der Waals surface area contributed by atoms with E-state index in [2.05, 4.69) is 14.5 Å². The number of esters is 2. The molecule has 6 nitrogen and oxygen atoms in total. The standard InChI is InChI=1S/C17H18N2O4/c1-22-16(20)12-8-6-11(7-9-12)15-5-3-4-13(19-15)10-14(18)17(21)23-2/h3-9,14H,10,18H2,1-2H3. The van der Waals surface area contributed by atoms with Gasteiger partial charge in [-0.15, -0.1) is 0 Å². The van der Waals surface area contributed by atoms with Gasteiger partial charge in [0.15, 0.2) is 0 Å². The number of carbonyl (C=O) groups is 2. The second-order valence-electron chi connectivity index (χ2n) is 4.92. The first-order chi connectivity index (χ1) is 11.0. The van der Waals surface area contributed by atoms with E-state index in [1.54, 1.807) is 30.3 Å². The van der Waals surface area contributed by atoms with Crippen molar-refractivity contribution in [2.45, 2.75) is 12.5 Å². The fourth-order valence-corrected chi connectivity index (χ4v) is 2.11. The van der Waals surface area contributed by atoms with Crippen LogP contribution < -0.4 is 5.73 Å². The summed E-state index contributed by atoms with van der Waals surface area (Å²) in [6, 6.07) is 11.7. The Labute approximate surface area is 134 Å². The first kappa shape index (κ1) is 16.6. The van der Waals surface area contributed by atoms with Crippen LogP contribution in [-0.4, -0.2) is 37.2 Å². The Bertz CT molecular complexity index is 698. The monoisotopic (exact) mass is 314 g/mol. The van der Waals surface area contributed by atoms with Gasteiger partial charge < -0.3 is 15.2 Å². The van der Waals surface area contributed by atoms with Gasteiger partial charge in [-0.3, -0.25) is 9.78 Å². The first-order valence-corrected chi connectivity index (χ1v) is 7.03. The van der Waals surface area contributed by atoms with Crippen molar-refractivity contribution in [2.24, 2.45) is 5.73 Å². The van der Waals surface area contributed by atoms with Crippen LogP contribution in [0.5, 0.6) is 0 Å². The molecule has 120 valence electrons. The van der Waals surface area contributed by atoms with Crippen molar-refractivity contribution in [1.29, 1.82) is 0 Å². The SMILES string of the molecule is COC(=O)c1ccc(-c2cccc(CC(N)C(=O)OC)n2)cc1. The molecule has 0 radical (unpaired) electrons. The van der Waals surface area contributed by atoms with E-state index in [0.717, 1.165) is 11.3 Å². The van der Waals surface area contributed by atoms with E-state index in [1.165, 1.54) is 14.2 Å². The van der Waals surface area contributed by atoms with Crippen LogP contribution in [0.2, 0.25) is 0 Å². The molecule has 1 aromatic heterocycles. The summed E-state index contributed by atoms with van der Waals surface area (Å²) in [5.74, 6) is -0.859. The summed E-state index contributed by atoms with van der Waals surface area (Å²) in [6.45, 7) is 0. The highest BCUT2D eigenvalue weighted by atomic mass is 16.5. The second kappa shape index (κ2) is 7.51. The van der Waals surface area contributed by atoms with E-state index in [9.17, 15) is 9.59 Å². The van der Waals surface area contributed by atoms with Gasteiger partial charge >= 0.3 is 11.9 Å². The molecule has 0 bridgehead atoms.